The number of hydrogen-bond donors (Lipinski definition) is 1. The number of carbonyl (C=O) groups excluding carboxylic acids is 1. The number of aromatic nitrogens is 4. The van der Waals surface area contributed by atoms with Gasteiger partial charge in [0.05, 0.1) is 17.0 Å². The minimum Gasteiger partial charge on any atom is -0.326 e. The molecule has 1 aromatic carbocycles. The zero-order valence-electron chi connectivity index (χ0n) is 14.2. The molecule has 3 heterocycles. The topological polar surface area (TPSA) is 72.7 Å². The maximum atomic E-state index is 12.4. The van der Waals surface area contributed by atoms with Crippen LogP contribution in [-0.4, -0.2) is 25.7 Å². The summed E-state index contributed by atoms with van der Waals surface area (Å²) in [6.07, 6.45) is 1.88. The van der Waals surface area contributed by atoms with E-state index in [4.69, 9.17) is 0 Å². The summed E-state index contributed by atoms with van der Waals surface area (Å²) in [6.45, 7) is 0. The second kappa shape index (κ2) is 7.71. The molecule has 1 N–H and O–H groups in total. The fraction of sp³-hybridized carbons (Fsp3) is 0.111. The summed E-state index contributed by atoms with van der Waals surface area (Å²) in [5.41, 5.74) is 2.38. The number of nitrogens with zero attached hydrogens (tertiary/aromatic N) is 4. The Labute approximate surface area is 172 Å². The lowest BCUT2D eigenvalue weighted by molar-refractivity contribution is -0.115. The molecule has 4 aromatic rings. The fourth-order valence-electron chi connectivity index (χ4n) is 2.58. The largest absolute Gasteiger partial charge is 0.326 e. The second-order valence-corrected chi connectivity index (χ2v) is 8.53. The number of hydrogen-bond acceptors (Lipinski definition) is 6. The van der Waals surface area contributed by atoms with E-state index in [2.05, 4.69) is 36.4 Å². The Morgan fingerprint density at radius 2 is 2.15 bits per heavy atom. The predicted molar refractivity (Wildman–Crippen MR) is 112 cm³/mol. The van der Waals surface area contributed by atoms with Crippen molar-refractivity contribution in [3.63, 3.8) is 0 Å². The number of nitrogens with one attached hydrogen (secondary N) is 1. The van der Waals surface area contributed by atoms with Gasteiger partial charge in [0.15, 0.2) is 5.82 Å². The Bertz CT molecular complexity index is 1100. The van der Waals surface area contributed by atoms with Crippen molar-refractivity contribution in [3.8, 4) is 21.3 Å². The molecule has 27 heavy (non-hydrogen) atoms. The number of anilines is 1. The van der Waals surface area contributed by atoms with E-state index in [9.17, 15) is 4.79 Å². The average Bonchev–Trinajstić information content (AvgIpc) is 3.36. The molecule has 1 amide bonds. The van der Waals surface area contributed by atoms with E-state index in [1.54, 1.807) is 29.0 Å². The van der Waals surface area contributed by atoms with Gasteiger partial charge in [-0.2, -0.15) is 0 Å². The molecule has 0 radical (unpaired) electrons. The third kappa shape index (κ3) is 4.15. The molecule has 0 aliphatic heterocycles. The molecule has 6 nitrogen and oxygen atoms in total. The number of thiophene rings is 1. The smallest absolute Gasteiger partial charge is 0.230 e. The highest BCUT2D eigenvalue weighted by molar-refractivity contribution is 9.10. The molecule has 0 atom stereocenters. The predicted octanol–water partition coefficient (Wildman–Crippen LogP) is 4.61. The molecular formula is C18H14BrN5OS2. The van der Waals surface area contributed by atoms with Crippen LogP contribution in [-0.2, 0) is 18.3 Å². The van der Waals surface area contributed by atoms with Crippen LogP contribution in [0.2, 0.25) is 0 Å². The highest BCUT2D eigenvalue weighted by atomic mass is 79.9. The Morgan fingerprint density at radius 3 is 2.89 bits per heavy atom. The zero-order chi connectivity index (χ0) is 18.8. The van der Waals surface area contributed by atoms with Gasteiger partial charge in [0, 0.05) is 33.5 Å². The minimum absolute atomic E-state index is 0.102. The number of halogens is 1. The third-order valence-electron chi connectivity index (χ3n) is 3.79. The van der Waals surface area contributed by atoms with Gasteiger partial charge in [-0.3, -0.25) is 4.79 Å². The number of rotatable bonds is 5. The summed E-state index contributed by atoms with van der Waals surface area (Å²) < 4.78 is 2.88. The third-order valence-corrected chi connectivity index (χ3v) is 6.54. The molecule has 0 saturated carbocycles. The molecular weight excluding hydrogens is 446 g/mol. The lowest BCUT2D eigenvalue weighted by Gasteiger charge is -2.06. The van der Waals surface area contributed by atoms with E-state index in [0.717, 1.165) is 37.1 Å². The molecule has 0 spiro atoms. The average molecular weight is 460 g/mol. The van der Waals surface area contributed by atoms with Crippen LogP contribution >= 0.6 is 38.6 Å². The van der Waals surface area contributed by atoms with Gasteiger partial charge < -0.3 is 9.88 Å². The summed E-state index contributed by atoms with van der Waals surface area (Å²) in [6, 6.07) is 9.59. The number of amides is 1. The molecule has 0 fully saturated rings. The summed E-state index contributed by atoms with van der Waals surface area (Å²) in [5, 5.41) is 15.8. The van der Waals surface area contributed by atoms with Crippen molar-refractivity contribution in [2.45, 2.75) is 6.42 Å². The van der Waals surface area contributed by atoms with E-state index in [0.29, 0.717) is 0 Å². The maximum Gasteiger partial charge on any atom is 0.230 e. The number of carbonyl (C=O) groups is 1. The highest BCUT2D eigenvalue weighted by Crippen LogP contribution is 2.32. The first-order valence-electron chi connectivity index (χ1n) is 8.01. The van der Waals surface area contributed by atoms with Crippen LogP contribution in [0.1, 0.15) is 5.69 Å². The highest BCUT2D eigenvalue weighted by Gasteiger charge is 2.12. The van der Waals surface area contributed by atoms with Gasteiger partial charge in [0.1, 0.15) is 11.3 Å². The van der Waals surface area contributed by atoms with Crippen LogP contribution in [0.25, 0.3) is 21.3 Å². The fourth-order valence-corrected chi connectivity index (χ4v) is 4.90. The van der Waals surface area contributed by atoms with Gasteiger partial charge in [-0.1, -0.05) is 12.1 Å². The second-order valence-electron chi connectivity index (χ2n) is 5.84. The van der Waals surface area contributed by atoms with E-state index in [1.165, 1.54) is 0 Å². The Kier molecular flexibility index (Phi) is 5.15. The van der Waals surface area contributed by atoms with Gasteiger partial charge in [0.25, 0.3) is 0 Å². The molecule has 0 aliphatic carbocycles. The summed E-state index contributed by atoms with van der Waals surface area (Å²) >= 11 is 6.62. The SMILES string of the molecule is Cn1cnnc1-c1cccc(NC(=O)Cc2csc(-c3cc(Br)cs3)n2)c1. The number of benzene rings is 1. The van der Waals surface area contributed by atoms with Crippen LogP contribution in [0.15, 0.2) is 51.9 Å². The van der Waals surface area contributed by atoms with Crippen molar-refractivity contribution in [1.82, 2.24) is 19.7 Å². The normalized spacial score (nSPS) is 10.9. The summed E-state index contributed by atoms with van der Waals surface area (Å²) in [4.78, 5) is 18.1. The van der Waals surface area contributed by atoms with Crippen LogP contribution in [0.3, 0.4) is 0 Å². The molecule has 0 aliphatic rings. The van der Waals surface area contributed by atoms with Gasteiger partial charge in [0.2, 0.25) is 5.91 Å². The number of aryl methyl sites for hydroxylation is 1. The molecule has 3 aromatic heterocycles. The first-order valence-corrected chi connectivity index (χ1v) is 10.6. The summed E-state index contributed by atoms with van der Waals surface area (Å²) in [7, 11) is 1.88. The van der Waals surface area contributed by atoms with Crippen LogP contribution in [0.4, 0.5) is 5.69 Å². The van der Waals surface area contributed by atoms with Crippen molar-refractivity contribution in [1.29, 1.82) is 0 Å². The first kappa shape index (κ1) is 18.0. The monoisotopic (exact) mass is 459 g/mol. The lowest BCUT2D eigenvalue weighted by atomic mass is 10.2. The molecule has 0 saturated heterocycles. The van der Waals surface area contributed by atoms with Crippen molar-refractivity contribution < 1.29 is 4.79 Å². The van der Waals surface area contributed by atoms with Crippen LogP contribution in [0.5, 0.6) is 0 Å². The Morgan fingerprint density at radius 1 is 1.26 bits per heavy atom. The quantitative estimate of drug-likeness (QED) is 0.472. The molecule has 9 heteroatoms. The molecule has 0 bridgehead atoms. The lowest BCUT2D eigenvalue weighted by Crippen LogP contribution is -2.14. The first-order chi connectivity index (χ1) is 13.1. The Hall–Kier alpha value is -2.36. The van der Waals surface area contributed by atoms with Gasteiger partial charge in [-0.05, 0) is 34.1 Å². The zero-order valence-corrected chi connectivity index (χ0v) is 17.4. The van der Waals surface area contributed by atoms with Crippen molar-refractivity contribution in [2.75, 3.05) is 5.32 Å². The van der Waals surface area contributed by atoms with E-state index < -0.39 is 0 Å². The standard InChI is InChI=1S/C18H14BrN5OS2/c1-24-10-20-23-17(24)11-3-2-4-13(5-11)21-16(25)7-14-9-27-18(22-14)15-6-12(19)8-26-15/h2-6,8-10H,7H2,1H3,(H,21,25). The van der Waals surface area contributed by atoms with E-state index in [-0.39, 0.29) is 12.3 Å². The molecule has 4 rings (SSSR count). The molecule has 0 unspecified atom stereocenters. The maximum absolute atomic E-state index is 12.4. The van der Waals surface area contributed by atoms with Gasteiger partial charge in [-0.15, -0.1) is 32.9 Å². The van der Waals surface area contributed by atoms with Crippen molar-refractivity contribution in [3.05, 3.63) is 57.6 Å². The van der Waals surface area contributed by atoms with Gasteiger partial charge in [-0.25, -0.2) is 4.98 Å². The number of thiazole rings is 1. The van der Waals surface area contributed by atoms with E-state index >= 15 is 0 Å². The minimum atomic E-state index is -0.102. The van der Waals surface area contributed by atoms with E-state index in [1.807, 2.05) is 52.7 Å². The van der Waals surface area contributed by atoms with Crippen LogP contribution in [0, 0.1) is 0 Å². The van der Waals surface area contributed by atoms with Crippen LogP contribution < -0.4 is 5.32 Å². The summed E-state index contributed by atoms with van der Waals surface area (Å²) in [5.74, 6) is 0.645. The Balaban J connectivity index is 1.44. The van der Waals surface area contributed by atoms with Crippen molar-refractivity contribution >= 4 is 50.2 Å². The van der Waals surface area contributed by atoms with Crippen molar-refractivity contribution in [2.24, 2.45) is 7.05 Å². The van der Waals surface area contributed by atoms with Gasteiger partial charge >= 0.3 is 0 Å². The molecule has 136 valence electrons.